The van der Waals surface area contributed by atoms with Crippen molar-refractivity contribution in [1.82, 2.24) is 0 Å². The van der Waals surface area contributed by atoms with Crippen LogP contribution in [0.3, 0.4) is 0 Å². The second-order valence-electron chi connectivity index (χ2n) is 16.0. The highest BCUT2D eigenvalue weighted by atomic mass is 16.6. The highest BCUT2D eigenvalue weighted by Crippen LogP contribution is 2.15. The van der Waals surface area contributed by atoms with Crippen LogP contribution < -0.4 is 0 Å². The van der Waals surface area contributed by atoms with E-state index in [1.807, 2.05) is 0 Å². The summed E-state index contributed by atoms with van der Waals surface area (Å²) in [5.41, 5.74) is 0. The van der Waals surface area contributed by atoms with E-state index in [2.05, 4.69) is 57.2 Å². The summed E-state index contributed by atoms with van der Waals surface area (Å²) in [5, 5.41) is 0. The number of unbranched alkanes of at least 4 members (excludes halogenated alkanes) is 26. The third-order valence-corrected chi connectivity index (χ3v) is 10.4. The Morgan fingerprint density at radius 1 is 0.375 bits per heavy atom. The molecule has 326 valence electrons. The molecular weight excluding hydrogens is 697 g/mol. The lowest BCUT2D eigenvalue weighted by Crippen LogP contribution is -2.30. The van der Waals surface area contributed by atoms with Gasteiger partial charge in [-0.3, -0.25) is 14.4 Å². The fourth-order valence-electron chi connectivity index (χ4n) is 6.81. The van der Waals surface area contributed by atoms with E-state index in [4.69, 9.17) is 14.2 Å². The molecule has 0 amide bonds. The first kappa shape index (κ1) is 53.6. The van der Waals surface area contributed by atoms with E-state index >= 15 is 0 Å². The van der Waals surface area contributed by atoms with Crippen LogP contribution in [0.15, 0.2) is 36.5 Å². The largest absolute Gasteiger partial charge is 0.462 e. The van der Waals surface area contributed by atoms with Gasteiger partial charge in [0.15, 0.2) is 6.10 Å². The number of allylic oxidation sites excluding steroid dienone is 6. The van der Waals surface area contributed by atoms with Crippen molar-refractivity contribution in [2.24, 2.45) is 0 Å². The Morgan fingerprint density at radius 2 is 0.696 bits per heavy atom. The zero-order valence-corrected chi connectivity index (χ0v) is 37.2. The second kappa shape index (κ2) is 45.3. The number of hydrogen-bond acceptors (Lipinski definition) is 6. The second-order valence-corrected chi connectivity index (χ2v) is 16.0. The molecule has 1 atom stereocenters. The summed E-state index contributed by atoms with van der Waals surface area (Å²) < 4.78 is 16.7. The SMILES string of the molecule is CC/C=C\C/C=C\C/C=C\CCCCC(=O)OC(COC(=O)CCCCCCCCCCC)COC(=O)CCCCCCCCCCCCCCCCCCC. The van der Waals surface area contributed by atoms with E-state index in [9.17, 15) is 14.4 Å². The molecular formula is C50H90O6. The van der Waals surface area contributed by atoms with E-state index in [1.165, 1.54) is 128 Å². The molecule has 6 heteroatoms. The Kier molecular flexibility index (Phi) is 43.4. The van der Waals surface area contributed by atoms with Crippen LogP contribution in [0.25, 0.3) is 0 Å². The van der Waals surface area contributed by atoms with Gasteiger partial charge in [-0.1, -0.05) is 211 Å². The molecule has 6 nitrogen and oxygen atoms in total. The quantitative estimate of drug-likeness (QED) is 0.0265. The lowest BCUT2D eigenvalue weighted by molar-refractivity contribution is -0.167. The van der Waals surface area contributed by atoms with Gasteiger partial charge in [0.2, 0.25) is 0 Å². The van der Waals surface area contributed by atoms with Crippen LogP contribution in [0.5, 0.6) is 0 Å². The van der Waals surface area contributed by atoms with Crippen molar-refractivity contribution in [2.75, 3.05) is 13.2 Å². The van der Waals surface area contributed by atoms with E-state index in [-0.39, 0.29) is 37.5 Å². The zero-order chi connectivity index (χ0) is 40.8. The van der Waals surface area contributed by atoms with Crippen LogP contribution in [0, 0.1) is 0 Å². The van der Waals surface area contributed by atoms with E-state index < -0.39 is 6.10 Å². The summed E-state index contributed by atoms with van der Waals surface area (Å²) in [6.45, 7) is 6.48. The Balaban J connectivity index is 4.32. The molecule has 0 spiro atoms. The molecule has 0 saturated heterocycles. The summed E-state index contributed by atoms with van der Waals surface area (Å²) >= 11 is 0. The maximum absolute atomic E-state index is 12.7. The van der Waals surface area contributed by atoms with Crippen LogP contribution in [0.2, 0.25) is 0 Å². The lowest BCUT2D eigenvalue weighted by Gasteiger charge is -2.18. The predicted octanol–water partition coefficient (Wildman–Crippen LogP) is 15.4. The Morgan fingerprint density at radius 3 is 1.09 bits per heavy atom. The molecule has 0 fully saturated rings. The molecule has 0 saturated carbocycles. The van der Waals surface area contributed by atoms with Gasteiger partial charge in [-0.05, 0) is 51.4 Å². The third-order valence-electron chi connectivity index (χ3n) is 10.4. The molecule has 0 heterocycles. The Labute approximate surface area is 346 Å². The molecule has 0 aliphatic heterocycles. The van der Waals surface area contributed by atoms with Gasteiger partial charge in [0.05, 0.1) is 0 Å². The van der Waals surface area contributed by atoms with Crippen molar-refractivity contribution in [1.29, 1.82) is 0 Å². The smallest absolute Gasteiger partial charge is 0.306 e. The summed E-state index contributed by atoms with van der Waals surface area (Å²) in [4.78, 5) is 37.7. The molecule has 56 heavy (non-hydrogen) atoms. The van der Waals surface area contributed by atoms with Crippen molar-refractivity contribution in [2.45, 2.75) is 252 Å². The van der Waals surface area contributed by atoms with Gasteiger partial charge in [-0.2, -0.15) is 0 Å². The third kappa shape index (κ3) is 42.8. The molecule has 0 rings (SSSR count). The molecule has 0 N–H and O–H groups in total. The average molecular weight is 787 g/mol. The highest BCUT2D eigenvalue weighted by Gasteiger charge is 2.19. The minimum absolute atomic E-state index is 0.0840. The first-order valence-corrected chi connectivity index (χ1v) is 24.0. The average Bonchev–Trinajstić information content (AvgIpc) is 3.19. The number of hydrogen-bond donors (Lipinski definition) is 0. The summed E-state index contributed by atoms with van der Waals surface area (Å²) in [7, 11) is 0. The van der Waals surface area contributed by atoms with Gasteiger partial charge >= 0.3 is 17.9 Å². The molecule has 0 bridgehead atoms. The van der Waals surface area contributed by atoms with Crippen LogP contribution in [0.1, 0.15) is 245 Å². The van der Waals surface area contributed by atoms with Crippen LogP contribution in [0.4, 0.5) is 0 Å². The first-order valence-electron chi connectivity index (χ1n) is 24.0. The molecule has 0 aromatic carbocycles. The summed E-state index contributed by atoms with van der Waals surface area (Å²) in [5.74, 6) is -0.920. The van der Waals surface area contributed by atoms with E-state index in [1.54, 1.807) is 0 Å². The molecule has 0 aliphatic rings. The normalized spacial score (nSPS) is 12.3. The van der Waals surface area contributed by atoms with Gasteiger partial charge in [0, 0.05) is 19.3 Å². The molecule has 0 radical (unpaired) electrons. The number of esters is 3. The Bertz CT molecular complexity index is 953. The van der Waals surface area contributed by atoms with Crippen molar-refractivity contribution in [3.63, 3.8) is 0 Å². The van der Waals surface area contributed by atoms with Gasteiger partial charge in [-0.25, -0.2) is 0 Å². The highest BCUT2D eigenvalue weighted by molar-refractivity contribution is 5.71. The maximum atomic E-state index is 12.7. The van der Waals surface area contributed by atoms with Crippen molar-refractivity contribution in [3.8, 4) is 0 Å². The standard InChI is InChI=1S/C50H90O6/c1-4-7-10-13-16-19-21-23-24-25-26-27-29-31-34-37-40-43-49(52)55-46-47(45-54-48(51)42-39-36-33-30-18-15-12-9-6-3)56-50(53)44-41-38-35-32-28-22-20-17-14-11-8-5-2/h8,11,17,20,28,32,47H,4-7,9-10,12-16,18-19,21-27,29-31,33-46H2,1-3H3/b11-8-,20-17-,32-28-. The molecule has 0 aromatic rings. The number of carbonyl (C=O) groups is 3. The Hall–Kier alpha value is -2.37. The minimum atomic E-state index is -0.784. The summed E-state index contributed by atoms with van der Waals surface area (Å²) in [6.07, 6.45) is 51.4. The van der Waals surface area contributed by atoms with Crippen LogP contribution >= 0.6 is 0 Å². The van der Waals surface area contributed by atoms with Crippen LogP contribution in [-0.2, 0) is 28.6 Å². The van der Waals surface area contributed by atoms with Gasteiger partial charge < -0.3 is 14.2 Å². The molecule has 0 aromatic heterocycles. The molecule has 1 unspecified atom stereocenters. The van der Waals surface area contributed by atoms with Gasteiger partial charge in [-0.15, -0.1) is 0 Å². The molecule has 0 aliphatic carbocycles. The van der Waals surface area contributed by atoms with Gasteiger partial charge in [0.1, 0.15) is 13.2 Å². The van der Waals surface area contributed by atoms with E-state index in [0.29, 0.717) is 19.3 Å². The van der Waals surface area contributed by atoms with Crippen molar-refractivity contribution in [3.05, 3.63) is 36.5 Å². The monoisotopic (exact) mass is 787 g/mol. The zero-order valence-electron chi connectivity index (χ0n) is 37.2. The number of rotatable bonds is 43. The van der Waals surface area contributed by atoms with Crippen LogP contribution in [-0.4, -0.2) is 37.2 Å². The lowest BCUT2D eigenvalue weighted by atomic mass is 10.0. The predicted molar refractivity (Wildman–Crippen MR) is 238 cm³/mol. The topological polar surface area (TPSA) is 78.9 Å². The fraction of sp³-hybridized carbons (Fsp3) is 0.820. The van der Waals surface area contributed by atoms with Gasteiger partial charge in [0.25, 0.3) is 0 Å². The fourth-order valence-corrected chi connectivity index (χ4v) is 6.81. The maximum Gasteiger partial charge on any atom is 0.306 e. The first-order chi connectivity index (χ1) is 27.5. The summed E-state index contributed by atoms with van der Waals surface area (Å²) in [6, 6.07) is 0. The number of carbonyl (C=O) groups excluding carboxylic acids is 3. The van der Waals surface area contributed by atoms with E-state index in [0.717, 1.165) is 70.6 Å². The number of ether oxygens (including phenoxy) is 3. The minimum Gasteiger partial charge on any atom is -0.462 e. The van der Waals surface area contributed by atoms with Crippen molar-refractivity contribution < 1.29 is 28.6 Å². The van der Waals surface area contributed by atoms with Crippen molar-refractivity contribution >= 4 is 17.9 Å².